The Hall–Kier alpha value is -2.63. The number of rotatable bonds is 4. The van der Waals surface area contributed by atoms with Crippen LogP contribution in [-0.4, -0.2) is 23.1 Å². The van der Waals surface area contributed by atoms with E-state index in [1.54, 1.807) is 38.5 Å². The third kappa shape index (κ3) is 3.26. The standard InChI is InChI=1S/C17H19FN2O3/c1-5-23-17(22)15-10(2)14(11(3)20(15)4)16(21)19-13-8-6-7-12(18)9-13/h6-9H,5H2,1-4H3,(H,19,21). The number of aromatic nitrogens is 1. The van der Waals surface area contributed by atoms with E-state index in [0.717, 1.165) is 0 Å². The van der Waals surface area contributed by atoms with Crippen molar-refractivity contribution in [3.63, 3.8) is 0 Å². The number of esters is 1. The van der Waals surface area contributed by atoms with Gasteiger partial charge in [0.25, 0.3) is 5.91 Å². The highest BCUT2D eigenvalue weighted by Crippen LogP contribution is 2.23. The lowest BCUT2D eigenvalue weighted by atomic mass is 10.1. The first-order valence-corrected chi connectivity index (χ1v) is 7.26. The van der Waals surface area contributed by atoms with Crippen molar-refractivity contribution in [2.24, 2.45) is 7.05 Å². The number of anilines is 1. The first-order valence-electron chi connectivity index (χ1n) is 7.26. The highest BCUT2D eigenvalue weighted by molar-refractivity contribution is 6.08. The van der Waals surface area contributed by atoms with Crippen LogP contribution in [0.25, 0.3) is 0 Å². The number of carbonyl (C=O) groups is 2. The van der Waals surface area contributed by atoms with Crippen LogP contribution in [0.1, 0.15) is 39.0 Å². The maximum absolute atomic E-state index is 13.2. The molecule has 0 saturated carbocycles. The molecule has 1 heterocycles. The minimum Gasteiger partial charge on any atom is -0.461 e. The van der Waals surface area contributed by atoms with Crippen molar-refractivity contribution in [1.29, 1.82) is 0 Å². The molecule has 0 bridgehead atoms. The van der Waals surface area contributed by atoms with E-state index in [1.165, 1.54) is 18.2 Å². The minimum absolute atomic E-state index is 0.257. The number of ether oxygens (including phenoxy) is 1. The molecule has 0 fully saturated rings. The van der Waals surface area contributed by atoms with E-state index < -0.39 is 17.7 Å². The fourth-order valence-electron chi connectivity index (χ4n) is 2.56. The highest BCUT2D eigenvalue weighted by Gasteiger charge is 2.25. The third-order valence-electron chi connectivity index (χ3n) is 3.71. The first-order chi connectivity index (χ1) is 10.9. The molecule has 6 heteroatoms. The molecule has 0 unspecified atom stereocenters. The molecule has 5 nitrogen and oxygen atoms in total. The average Bonchev–Trinajstić information content (AvgIpc) is 2.69. The molecule has 0 saturated heterocycles. The van der Waals surface area contributed by atoms with Crippen LogP contribution in [0.4, 0.5) is 10.1 Å². The molecule has 2 aromatic rings. The van der Waals surface area contributed by atoms with Gasteiger partial charge in [-0.15, -0.1) is 0 Å². The van der Waals surface area contributed by atoms with E-state index in [0.29, 0.717) is 28.2 Å². The Morgan fingerprint density at radius 1 is 1.30 bits per heavy atom. The fraction of sp³-hybridized carbons (Fsp3) is 0.294. The molecule has 1 amide bonds. The fourth-order valence-corrected chi connectivity index (χ4v) is 2.56. The van der Waals surface area contributed by atoms with Gasteiger partial charge in [-0.05, 0) is 44.5 Å². The van der Waals surface area contributed by atoms with Gasteiger partial charge in [0.1, 0.15) is 11.5 Å². The maximum Gasteiger partial charge on any atom is 0.355 e. The second kappa shape index (κ2) is 6.64. The van der Waals surface area contributed by atoms with Crippen LogP contribution in [0, 0.1) is 19.7 Å². The lowest BCUT2D eigenvalue weighted by Gasteiger charge is -2.06. The number of hydrogen-bond acceptors (Lipinski definition) is 3. The summed E-state index contributed by atoms with van der Waals surface area (Å²) < 4.78 is 19.9. The molecule has 0 aliphatic heterocycles. The Morgan fingerprint density at radius 2 is 2.00 bits per heavy atom. The molecule has 1 aromatic carbocycles. The zero-order chi connectivity index (χ0) is 17.1. The van der Waals surface area contributed by atoms with Gasteiger partial charge in [-0.25, -0.2) is 9.18 Å². The van der Waals surface area contributed by atoms with Crippen LogP contribution in [0.5, 0.6) is 0 Å². The molecule has 1 N–H and O–H groups in total. The Balaban J connectivity index is 2.38. The Labute approximate surface area is 134 Å². The number of nitrogens with zero attached hydrogens (tertiary/aromatic N) is 1. The van der Waals surface area contributed by atoms with Gasteiger partial charge in [-0.2, -0.15) is 0 Å². The number of halogens is 1. The lowest BCUT2D eigenvalue weighted by molar-refractivity contribution is 0.0514. The molecular weight excluding hydrogens is 299 g/mol. The van der Waals surface area contributed by atoms with E-state index in [-0.39, 0.29) is 6.61 Å². The molecule has 0 atom stereocenters. The van der Waals surface area contributed by atoms with Crippen molar-refractivity contribution >= 4 is 17.6 Å². The van der Waals surface area contributed by atoms with Gasteiger partial charge in [-0.3, -0.25) is 4.79 Å². The third-order valence-corrected chi connectivity index (χ3v) is 3.71. The van der Waals surface area contributed by atoms with E-state index in [1.807, 2.05) is 0 Å². The van der Waals surface area contributed by atoms with Crippen molar-refractivity contribution in [1.82, 2.24) is 4.57 Å². The van der Waals surface area contributed by atoms with Gasteiger partial charge < -0.3 is 14.6 Å². The van der Waals surface area contributed by atoms with Gasteiger partial charge >= 0.3 is 5.97 Å². The minimum atomic E-state index is -0.472. The summed E-state index contributed by atoms with van der Waals surface area (Å²) in [4.78, 5) is 24.6. The first kappa shape index (κ1) is 16.7. The number of nitrogens with one attached hydrogen (secondary N) is 1. The maximum atomic E-state index is 13.2. The molecule has 0 radical (unpaired) electrons. The predicted molar refractivity (Wildman–Crippen MR) is 85.2 cm³/mol. The second-order valence-corrected chi connectivity index (χ2v) is 5.18. The average molecular weight is 318 g/mol. The van der Waals surface area contributed by atoms with Crippen LogP contribution in [0.15, 0.2) is 24.3 Å². The second-order valence-electron chi connectivity index (χ2n) is 5.18. The summed E-state index contributed by atoms with van der Waals surface area (Å²) in [5.41, 5.74) is 2.26. The van der Waals surface area contributed by atoms with Crippen molar-refractivity contribution in [2.45, 2.75) is 20.8 Å². The summed E-state index contributed by atoms with van der Waals surface area (Å²) in [6, 6.07) is 5.64. The number of hydrogen-bond donors (Lipinski definition) is 1. The van der Waals surface area contributed by atoms with Gasteiger partial charge in [0.2, 0.25) is 0 Å². The highest BCUT2D eigenvalue weighted by atomic mass is 19.1. The predicted octanol–water partition coefficient (Wildman–Crippen LogP) is 3.21. The van der Waals surface area contributed by atoms with E-state index in [2.05, 4.69) is 5.32 Å². The largest absolute Gasteiger partial charge is 0.461 e. The summed E-state index contributed by atoms with van der Waals surface area (Å²) >= 11 is 0. The lowest BCUT2D eigenvalue weighted by Crippen LogP contribution is -2.14. The zero-order valence-electron chi connectivity index (χ0n) is 13.6. The molecule has 1 aromatic heterocycles. The summed E-state index contributed by atoms with van der Waals surface area (Å²) in [5.74, 6) is -1.30. The van der Waals surface area contributed by atoms with Crippen molar-refractivity contribution in [3.8, 4) is 0 Å². The van der Waals surface area contributed by atoms with Crippen molar-refractivity contribution in [3.05, 3.63) is 52.6 Å². The van der Waals surface area contributed by atoms with Crippen LogP contribution in [-0.2, 0) is 11.8 Å². The molecule has 0 aliphatic rings. The van der Waals surface area contributed by atoms with Gasteiger partial charge in [-0.1, -0.05) is 6.07 Å². The smallest absolute Gasteiger partial charge is 0.355 e. The summed E-state index contributed by atoms with van der Waals surface area (Å²) in [7, 11) is 1.70. The normalized spacial score (nSPS) is 10.5. The summed E-state index contributed by atoms with van der Waals surface area (Å²) in [5, 5.41) is 2.65. The Morgan fingerprint density at radius 3 is 2.61 bits per heavy atom. The van der Waals surface area contributed by atoms with E-state index in [9.17, 15) is 14.0 Å². The number of amides is 1. The van der Waals surface area contributed by atoms with Gasteiger partial charge in [0.05, 0.1) is 12.2 Å². The molecule has 0 spiro atoms. The quantitative estimate of drug-likeness (QED) is 0.881. The van der Waals surface area contributed by atoms with E-state index >= 15 is 0 Å². The SMILES string of the molecule is CCOC(=O)c1c(C)c(C(=O)Nc2cccc(F)c2)c(C)n1C. The summed E-state index contributed by atoms with van der Waals surface area (Å²) in [6.45, 7) is 5.42. The summed E-state index contributed by atoms with van der Waals surface area (Å²) in [6.07, 6.45) is 0. The number of benzene rings is 1. The number of carbonyl (C=O) groups excluding carboxylic acids is 2. The topological polar surface area (TPSA) is 60.3 Å². The van der Waals surface area contributed by atoms with Crippen LogP contribution in [0.2, 0.25) is 0 Å². The molecule has 23 heavy (non-hydrogen) atoms. The van der Waals surface area contributed by atoms with Gasteiger partial charge in [0.15, 0.2) is 0 Å². The molecule has 2 rings (SSSR count). The molecule has 0 aliphatic carbocycles. The Bertz CT molecular complexity index is 765. The van der Waals surface area contributed by atoms with Crippen LogP contribution in [0.3, 0.4) is 0 Å². The van der Waals surface area contributed by atoms with Gasteiger partial charge in [0, 0.05) is 18.4 Å². The van der Waals surface area contributed by atoms with Crippen molar-refractivity contribution < 1.29 is 18.7 Å². The Kier molecular flexibility index (Phi) is 4.83. The molecular formula is C17H19FN2O3. The zero-order valence-corrected chi connectivity index (χ0v) is 13.6. The van der Waals surface area contributed by atoms with E-state index in [4.69, 9.17) is 4.74 Å². The molecule has 122 valence electrons. The van der Waals surface area contributed by atoms with Crippen LogP contribution >= 0.6 is 0 Å². The monoisotopic (exact) mass is 318 g/mol. The van der Waals surface area contributed by atoms with Crippen LogP contribution < -0.4 is 5.32 Å². The van der Waals surface area contributed by atoms with Crippen molar-refractivity contribution in [2.75, 3.05) is 11.9 Å².